The average molecular weight is 213 g/mol. The molecule has 5 heteroatoms. The van der Waals surface area contributed by atoms with Crippen LogP contribution in [-0.2, 0) is 0 Å². The molecule has 0 aliphatic carbocycles. The molecule has 0 bridgehead atoms. The van der Waals surface area contributed by atoms with E-state index in [0.717, 1.165) is 0 Å². The minimum absolute atomic E-state index is 0.201. The molecule has 2 N–H and O–H groups in total. The van der Waals surface area contributed by atoms with Crippen LogP contribution in [0.2, 0.25) is 0 Å². The van der Waals surface area contributed by atoms with E-state index in [9.17, 15) is 4.79 Å². The SMILES string of the molecule is N[C@@H](CS)C(=O)c1cccnc1[S]. The van der Waals surface area contributed by atoms with Gasteiger partial charge in [-0.05, 0) is 12.1 Å². The zero-order valence-corrected chi connectivity index (χ0v) is 8.52. The summed E-state index contributed by atoms with van der Waals surface area (Å²) in [6, 6.07) is 2.68. The van der Waals surface area contributed by atoms with Crippen molar-refractivity contribution in [3.63, 3.8) is 0 Å². The number of thiol groups is 1. The lowest BCUT2D eigenvalue weighted by Crippen LogP contribution is -2.32. The minimum atomic E-state index is -0.603. The van der Waals surface area contributed by atoms with Crippen LogP contribution in [0.15, 0.2) is 23.4 Å². The van der Waals surface area contributed by atoms with Gasteiger partial charge < -0.3 is 5.73 Å². The highest BCUT2D eigenvalue weighted by Gasteiger charge is 2.16. The van der Waals surface area contributed by atoms with Crippen molar-refractivity contribution in [2.45, 2.75) is 11.1 Å². The van der Waals surface area contributed by atoms with Crippen molar-refractivity contribution in [3.05, 3.63) is 23.9 Å². The molecular formula is C8H9N2OS2. The summed E-state index contributed by atoms with van der Waals surface area (Å²) in [7, 11) is 0. The molecule has 13 heavy (non-hydrogen) atoms. The average Bonchev–Trinajstić information content (AvgIpc) is 2.16. The molecule has 0 saturated heterocycles. The Kier molecular flexibility index (Phi) is 3.65. The first-order chi connectivity index (χ1) is 6.16. The third-order valence-electron chi connectivity index (χ3n) is 1.57. The topological polar surface area (TPSA) is 56.0 Å². The summed E-state index contributed by atoms with van der Waals surface area (Å²) in [6.45, 7) is 0. The van der Waals surface area contributed by atoms with Crippen molar-refractivity contribution in [2.24, 2.45) is 5.73 Å². The molecule has 0 amide bonds. The Morgan fingerprint density at radius 1 is 1.77 bits per heavy atom. The number of aromatic nitrogens is 1. The first-order valence-corrected chi connectivity index (χ1v) is 4.73. The molecule has 3 nitrogen and oxygen atoms in total. The standard InChI is InChI=1S/C8H9N2OS2/c9-6(4-12)7(11)5-2-1-3-10-8(5)13/h1-3,6,12H,4,9H2/t6-/m0/s1. The van der Waals surface area contributed by atoms with Crippen LogP contribution in [0.5, 0.6) is 0 Å². The van der Waals surface area contributed by atoms with Gasteiger partial charge in [0.15, 0.2) is 5.78 Å². The first-order valence-electron chi connectivity index (χ1n) is 3.69. The summed E-state index contributed by atoms with van der Waals surface area (Å²) in [5, 5.41) is 0.296. The summed E-state index contributed by atoms with van der Waals surface area (Å²) in [5.41, 5.74) is 5.92. The van der Waals surface area contributed by atoms with E-state index in [1.165, 1.54) is 0 Å². The maximum absolute atomic E-state index is 11.5. The highest BCUT2D eigenvalue weighted by molar-refractivity contribution is 7.80. The van der Waals surface area contributed by atoms with Gasteiger partial charge in [-0.3, -0.25) is 4.79 Å². The van der Waals surface area contributed by atoms with Crippen LogP contribution in [0, 0.1) is 0 Å². The van der Waals surface area contributed by atoms with Crippen LogP contribution in [-0.4, -0.2) is 22.6 Å². The van der Waals surface area contributed by atoms with Gasteiger partial charge in [0, 0.05) is 11.9 Å². The van der Waals surface area contributed by atoms with Gasteiger partial charge in [0.2, 0.25) is 0 Å². The van der Waals surface area contributed by atoms with Gasteiger partial charge in [0.25, 0.3) is 0 Å². The predicted octanol–water partition coefficient (Wildman–Crippen LogP) is 1.08. The van der Waals surface area contributed by atoms with E-state index in [2.05, 4.69) is 17.6 Å². The van der Waals surface area contributed by atoms with Crippen molar-refractivity contribution < 1.29 is 4.79 Å². The number of pyridine rings is 1. The number of Topliss-reactive ketones (excluding diaryl/α,β-unsaturated/α-hetero) is 1. The maximum atomic E-state index is 11.5. The normalized spacial score (nSPS) is 12.5. The van der Waals surface area contributed by atoms with E-state index < -0.39 is 6.04 Å². The second-order valence-electron chi connectivity index (χ2n) is 2.51. The number of rotatable bonds is 3. The largest absolute Gasteiger partial charge is 0.321 e. The lowest BCUT2D eigenvalue weighted by molar-refractivity contribution is 0.0966. The highest BCUT2D eigenvalue weighted by Crippen LogP contribution is 2.11. The fourth-order valence-electron chi connectivity index (χ4n) is 0.861. The first kappa shape index (κ1) is 10.4. The molecule has 0 aromatic carbocycles. The second-order valence-corrected chi connectivity index (χ2v) is 3.26. The van der Waals surface area contributed by atoms with Crippen LogP contribution in [0.3, 0.4) is 0 Å². The second kappa shape index (κ2) is 4.55. The van der Waals surface area contributed by atoms with Gasteiger partial charge in [-0.25, -0.2) is 4.98 Å². The fraction of sp³-hybridized carbons (Fsp3) is 0.250. The van der Waals surface area contributed by atoms with E-state index >= 15 is 0 Å². The minimum Gasteiger partial charge on any atom is -0.321 e. The lowest BCUT2D eigenvalue weighted by Gasteiger charge is -2.07. The van der Waals surface area contributed by atoms with Crippen LogP contribution in [0.25, 0.3) is 0 Å². The van der Waals surface area contributed by atoms with Crippen molar-refractivity contribution in [1.29, 1.82) is 0 Å². The molecule has 0 saturated carbocycles. The third-order valence-corrected chi connectivity index (χ3v) is 2.29. The van der Waals surface area contributed by atoms with Crippen LogP contribution in [0.4, 0.5) is 0 Å². The predicted molar refractivity (Wildman–Crippen MR) is 56.3 cm³/mol. The summed E-state index contributed by atoms with van der Waals surface area (Å²) < 4.78 is 0. The molecule has 69 valence electrons. The van der Waals surface area contributed by atoms with Crippen LogP contribution < -0.4 is 5.73 Å². The summed E-state index contributed by atoms with van der Waals surface area (Å²) in [5.74, 6) is 0.107. The van der Waals surface area contributed by atoms with Crippen molar-refractivity contribution in [3.8, 4) is 0 Å². The number of nitrogens with two attached hydrogens (primary N) is 1. The Bertz CT molecular complexity index is 317. The van der Waals surface area contributed by atoms with Gasteiger partial charge in [-0.1, -0.05) is 12.6 Å². The van der Waals surface area contributed by atoms with Gasteiger partial charge in [0.1, 0.15) is 5.03 Å². The molecule has 1 heterocycles. The monoisotopic (exact) mass is 213 g/mol. The Morgan fingerprint density at radius 2 is 2.46 bits per heavy atom. The quantitative estimate of drug-likeness (QED) is 0.583. The van der Waals surface area contributed by atoms with E-state index in [0.29, 0.717) is 16.3 Å². The molecule has 0 fully saturated rings. The van der Waals surface area contributed by atoms with E-state index in [-0.39, 0.29) is 5.78 Å². The van der Waals surface area contributed by atoms with Crippen molar-refractivity contribution >= 4 is 31.0 Å². The van der Waals surface area contributed by atoms with Crippen molar-refractivity contribution in [1.82, 2.24) is 4.98 Å². The summed E-state index contributed by atoms with van der Waals surface area (Å²) in [4.78, 5) is 15.3. The Morgan fingerprint density at radius 3 is 3.00 bits per heavy atom. The molecule has 1 rings (SSSR count). The molecular weight excluding hydrogens is 204 g/mol. The number of carbonyl (C=O) groups excluding carboxylic acids is 1. The molecule has 1 atom stereocenters. The number of hydrogen-bond donors (Lipinski definition) is 2. The van der Waals surface area contributed by atoms with Crippen LogP contribution >= 0.6 is 25.3 Å². The van der Waals surface area contributed by atoms with E-state index in [1.54, 1.807) is 18.3 Å². The van der Waals surface area contributed by atoms with Gasteiger partial charge in [0.05, 0.1) is 11.6 Å². The van der Waals surface area contributed by atoms with E-state index in [4.69, 9.17) is 18.4 Å². The molecule has 0 spiro atoms. The maximum Gasteiger partial charge on any atom is 0.183 e. The molecule has 0 unspecified atom stereocenters. The molecule has 1 radical (unpaired) electrons. The number of carbonyl (C=O) groups is 1. The summed E-state index contributed by atoms with van der Waals surface area (Å²) >= 11 is 8.82. The molecule has 0 aliphatic rings. The number of nitrogens with zero attached hydrogens (tertiary/aromatic N) is 1. The van der Waals surface area contributed by atoms with Gasteiger partial charge >= 0.3 is 0 Å². The smallest absolute Gasteiger partial charge is 0.183 e. The zero-order valence-electron chi connectivity index (χ0n) is 6.80. The molecule has 0 aliphatic heterocycles. The van der Waals surface area contributed by atoms with Gasteiger partial charge in [-0.15, -0.1) is 0 Å². The summed E-state index contributed by atoms with van der Waals surface area (Å²) in [6.07, 6.45) is 1.55. The zero-order chi connectivity index (χ0) is 9.84. The number of ketones is 1. The lowest BCUT2D eigenvalue weighted by atomic mass is 10.1. The van der Waals surface area contributed by atoms with E-state index in [1.807, 2.05) is 0 Å². The molecule has 1 aromatic heterocycles. The van der Waals surface area contributed by atoms with Crippen LogP contribution in [0.1, 0.15) is 10.4 Å². The Labute approximate surface area is 87.6 Å². The third kappa shape index (κ3) is 2.40. The number of hydrogen-bond acceptors (Lipinski definition) is 4. The highest BCUT2D eigenvalue weighted by atomic mass is 32.1. The Hall–Kier alpha value is -0.650. The van der Waals surface area contributed by atoms with Gasteiger partial charge in [-0.2, -0.15) is 12.6 Å². The van der Waals surface area contributed by atoms with Crippen molar-refractivity contribution in [2.75, 3.05) is 5.75 Å². The molecule has 1 aromatic rings. The fourth-order valence-corrected chi connectivity index (χ4v) is 1.26. The Balaban J connectivity index is 2.95.